The van der Waals surface area contributed by atoms with E-state index in [-0.39, 0.29) is 36.2 Å². The number of amides is 2. The summed E-state index contributed by atoms with van der Waals surface area (Å²) < 4.78 is 5.55. The van der Waals surface area contributed by atoms with Crippen LogP contribution in [0.2, 0.25) is 0 Å². The summed E-state index contributed by atoms with van der Waals surface area (Å²) in [6.07, 6.45) is -0.0718. The van der Waals surface area contributed by atoms with Gasteiger partial charge in [0.25, 0.3) is 0 Å². The van der Waals surface area contributed by atoms with Crippen LogP contribution in [0, 0.1) is 17.8 Å². The summed E-state index contributed by atoms with van der Waals surface area (Å²) in [5, 5.41) is 14.4. The van der Waals surface area contributed by atoms with Crippen LogP contribution in [0.1, 0.15) is 37.3 Å². The summed E-state index contributed by atoms with van der Waals surface area (Å²) in [5.74, 6) is -1.79. The number of carbonyl (C=O) groups is 3. The topological polar surface area (TPSA) is 105 Å². The molecule has 0 unspecified atom stereocenters. The van der Waals surface area contributed by atoms with Crippen LogP contribution in [-0.2, 0) is 14.3 Å². The lowest BCUT2D eigenvalue weighted by Crippen LogP contribution is -2.50. The summed E-state index contributed by atoms with van der Waals surface area (Å²) in [6, 6.07) is 15.4. The fourth-order valence-corrected chi connectivity index (χ4v) is 4.42. The summed E-state index contributed by atoms with van der Waals surface area (Å²) in [5.41, 5.74) is 4.54. The maximum atomic E-state index is 12.6. The lowest BCUT2D eigenvalue weighted by molar-refractivity contribution is -0.139. The zero-order chi connectivity index (χ0) is 22.8. The molecule has 7 nitrogen and oxygen atoms in total. The van der Waals surface area contributed by atoms with Crippen molar-refractivity contribution in [2.45, 2.75) is 32.2 Å². The van der Waals surface area contributed by atoms with E-state index in [9.17, 15) is 14.4 Å². The van der Waals surface area contributed by atoms with E-state index in [2.05, 4.69) is 22.8 Å². The molecule has 2 aromatic rings. The number of carboxylic acid groups (broad SMARTS) is 1. The van der Waals surface area contributed by atoms with Crippen LogP contribution in [0.3, 0.4) is 0 Å². The van der Waals surface area contributed by atoms with Gasteiger partial charge >= 0.3 is 12.1 Å². The van der Waals surface area contributed by atoms with Crippen molar-refractivity contribution in [1.29, 1.82) is 0 Å². The molecular formula is C25H28N2O5. The highest BCUT2D eigenvalue weighted by Gasteiger charge is 2.43. The molecular weight excluding hydrogens is 408 g/mol. The van der Waals surface area contributed by atoms with Gasteiger partial charge in [-0.3, -0.25) is 9.59 Å². The molecule has 2 aliphatic rings. The Hall–Kier alpha value is -3.35. The number of aliphatic carboxylic acids is 1. The first kappa shape index (κ1) is 21.9. The average molecular weight is 437 g/mol. The summed E-state index contributed by atoms with van der Waals surface area (Å²) in [6.45, 7) is 4.15. The summed E-state index contributed by atoms with van der Waals surface area (Å²) in [4.78, 5) is 36.1. The van der Waals surface area contributed by atoms with E-state index >= 15 is 0 Å². The summed E-state index contributed by atoms with van der Waals surface area (Å²) >= 11 is 0. The first-order chi connectivity index (χ1) is 15.4. The molecule has 0 aliphatic heterocycles. The van der Waals surface area contributed by atoms with Crippen molar-refractivity contribution in [3.05, 3.63) is 59.7 Å². The second kappa shape index (κ2) is 9.02. The van der Waals surface area contributed by atoms with Gasteiger partial charge in [-0.25, -0.2) is 4.79 Å². The van der Waals surface area contributed by atoms with Gasteiger partial charge in [-0.2, -0.15) is 0 Å². The molecule has 0 aromatic heterocycles. The fraction of sp³-hybridized carbons (Fsp3) is 0.400. The normalized spacial score (nSPS) is 19.6. The Bertz CT molecular complexity index is 989. The molecule has 3 N–H and O–H groups in total. The van der Waals surface area contributed by atoms with E-state index in [0.717, 1.165) is 22.3 Å². The number of carbonyl (C=O) groups excluding carboxylic acids is 2. The number of nitrogens with one attached hydrogen (secondary N) is 2. The number of alkyl carbamates (subject to hydrolysis) is 1. The highest BCUT2D eigenvalue weighted by molar-refractivity contribution is 5.86. The van der Waals surface area contributed by atoms with Gasteiger partial charge in [0.1, 0.15) is 12.6 Å². The average Bonchev–Trinajstić information content (AvgIpc) is 3.50. The maximum absolute atomic E-state index is 12.6. The molecule has 2 aromatic carbocycles. The van der Waals surface area contributed by atoms with Gasteiger partial charge in [-0.05, 0) is 40.5 Å². The van der Waals surface area contributed by atoms with Crippen LogP contribution in [0.4, 0.5) is 4.79 Å². The zero-order valence-corrected chi connectivity index (χ0v) is 18.2. The van der Waals surface area contributed by atoms with Crippen LogP contribution in [0.15, 0.2) is 48.5 Å². The minimum atomic E-state index is -0.832. The van der Waals surface area contributed by atoms with Crippen LogP contribution >= 0.6 is 0 Å². The van der Waals surface area contributed by atoms with Crippen LogP contribution in [0.5, 0.6) is 0 Å². The van der Waals surface area contributed by atoms with Gasteiger partial charge in [-0.1, -0.05) is 62.4 Å². The van der Waals surface area contributed by atoms with E-state index < -0.39 is 18.1 Å². The lowest BCUT2D eigenvalue weighted by atomic mass is 9.98. The molecule has 7 heteroatoms. The number of rotatable bonds is 8. The third kappa shape index (κ3) is 4.47. The third-order valence-electron chi connectivity index (χ3n) is 6.34. The Labute approximate surface area is 187 Å². The highest BCUT2D eigenvalue weighted by Crippen LogP contribution is 2.44. The Morgan fingerprint density at radius 3 is 2.16 bits per heavy atom. The molecule has 32 heavy (non-hydrogen) atoms. The third-order valence-corrected chi connectivity index (χ3v) is 6.34. The van der Waals surface area contributed by atoms with E-state index in [0.29, 0.717) is 13.0 Å². The minimum absolute atomic E-state index is 0.0429. The molecule has 3 atom stereocenters. The molecule has 2 amide bonds. The van der Waals surface area contributed by atoms with Gasteiger partial charge in [0.05, 0.1) is 5.92 Å². The SMILES string of the molecule is CC(C)[C@H](NC(=O)OCC1c2ccccc2-c2ccccc21)C(=O)NC[C@H]1C[C@H]1C(=O)O. The first-order valence-electron chi connectivity index (χ1n) is 11.0. The van der Waals surface area contributed by atoms with Crippen molar-refractivity contribution in [3.8, 4) is 11.1 Å². The quantitative estimate of drug-likeness (QED) is 0.588. The molecule has 0 bridgehead atoms. The van der Waals surface area contributed by atoms with Gasteiger partial charge in [0.2, 0.25) is 5.91 Å². The molecule has 0 spiro atoms. The highest BCUT2D eigenvalue weighted by atomic mass is 16.5. The van der Waals surface area contributed by atoms with Crippen molar-refractivity contribution in [2.75, 3.05) is 13.2 Å². The molecule has 0 heterocycles. The number of hydrogen-bond donors (Lipinski definition) is 3. The van der Waals surface area contributed by atoms with Crippen molar-refractivity contribution in [3.63, 3.8) is 0 Å². The van der Waals surface area contributed by atoms with Crippen molar-refractivity contribution < 1.29 is 24.2 Å². The lowest BCUT2D eigenvalue weighted by Gasteiger charge is -2.22. The number of fused-ring (bicyclic) bond motifs is 3. The largest absolute Gasteiger partial charge is 0.481 e. The van der Waals surface area contributed by atoms with Gasteiger partial charge in [-0.15, -0.1) is 0 Å². The number of carboxylic acids is 1. The zero-order valence-electron chi connectivity index (χ0n) is 18.2. The predicted molar refractivity (Wildman–Crippen MR) is 119 cm³/mol. The molecule has 0 radical (unpaired) electrons. The van der Waals surface area contributed by atoms with Crippen molar-refractivity contribution >= 4 is 18.0 Å². The molecule has 2 aliphatic carbocycles. The Balaban J connectivity index is 1.34. The first-order valence-corrected chi connectivity index (χ1v) is 11.0. The van der Waals surface area contributed by atoms with Gasteiger partial charge < -0.3 is 20.5 Å². The second-order valence-electron chi connectivity index (χ2n) is 8.88. The smallest absolute Gasteiger partial charge is 0.407 e. The maximum Gasteiger partial charge on any atom is 0.407 e. The minimum Gasteiger partial charge on any atom is -0.481 e. The molecule has 0 saturated heterocycles. The Kier molecular flexibility index (Phi) is 6.17. The predicted octanol–water partition coefficient (Wildman–Crippen LogP) is 3.39. The van der Waals surface area contributed by atoms with Crippen molar-refractivity contribution in [1.82, 2.24) is 10.6 Å². The van der Waals surface area contributed by atoms with Gasteiger partial charge in [0.15, 0.2) is 0 Å². The number of ether oxygens (including phenoxy) is 1. The second-order valence-corrected chi connectivity index (χ2v) is 8.88. The van der Waals surface area contributed by atoms with Crippen LogP contribution in [-0.4, -0.2) is 42.3 Å². The fourth-order valence-electron chi connectivity index (χ4n) is 4.42. The monoisotopic (exact) mass is 436 g/mol. The van der Waals surface area contributed by atoms with E-state index in [1.54, 1.807) is 0 Å². The molecule has 168 valence electrons. The van der Waals surface area contributed by atoms with Crippen molar-refractivity contribution in [2.24, 2.45) is 17.8 Å². The Morgan fingerprint density at radius 1 is 1.03 bits per heavy atom. The number of benzene rings is 2. The van der Waals surface area contributed by atoms with Crippen LogP contribution < -0.4 is 10.6 Å². The van der Waals surface area contributed by atoms with E-state index in [1.165, 1.54) is 0 Å². The van der Waals surface area contributed by atoms with E-state index in [1.807, 2.05) is 50.2 Å². The van der Waals surface area contributed by atoms with Gasteiger partial charge in [0, 0.05) is 12.5 Å². The molecule has 1 saturated carbocycles. The van der Waals surface area contributed by atoms with E-state index in [4.69, 9.17) is 9.84 Å². The van der Waals surface area contributed by atoms with Crippen LogP contribution in [0.25, 0.3) is 11.1 Å². The standard InChI is InChI=1S/C25H28N2O5/c1-14(2)22(23(28)26-12-15-11-20(15)24(29)30)27-25(31)32-13-21-18-9-5-3-7-16(18)17-8-4-6-10-19(17)21/h3-10,14-15,20-22H,11-13H2,1-2H3,(H,26,28)(H,27,31)(H,29,30)/t15-,20-,22+/m1/s1. The molecule has 1 fully saturated rings. The summed E-state index contributed by atoms with van der Waals surface area (Å²) in [7, 11) is 0. The molecule has 4 rings (SSSR count). The Morgan fingerprint density at radius 2 is 1.62 bits per heavy atom. The number of hydrogen-bond acceptors (Lipinski definition) is 4.